The summed E-state index contributed by atoms with van der Waals surface area (Å²) < 4.78 is 22.4. The molecule has 1 atom stereocenters. The van der Waals surface area contributed by atoms with Gasteiger partial charge in [0.05, 0.1) is 38.6 Å². The Morgan fingerprint density at radius 1 is 0.943 bits per heavy atom. The molecule has 0 fully saturated rings. The number of nitrogens with one attached hydrogen (secondary N) is 2. The van der Waals surface area contributed by atoms with E-state index in [4.69, 9.17) is 18.9 Å². The number of pyridine rings is 1. The van der Waals surface area contributed by atoms with Crippen molar-refractivity contribution < 1.29 is 23.7 Å². The second kappa shape index (κ2) is 10.5. The molecule has 0 saturated carbocycles. The minimum atomic E-state index is -0.363. The lowest BCUT2D eigenvalue weighted by atomic mass is 10.2. The smallest absolute Gasteiger partial charge is 0.319 e. The first-order valence-corrected chi connectivity index (χ1v) is 11.6. The van der Waals surface area contributed by atoms with Gasteiger partial charge in [-0.05, 0) is 38.1 Å². The van der Waals surface area contributed by atoms with Gasteiger partial charge in [-0.3, -0.25) is 4.98 Å². The summed E-state index contributed by atoms with van der Waals surface area (Å²) in [5, 5.41) is 7.31. The molecule has 0 aliphatic heterocycles. The largest absolute Gasteiger partial charge is 0.494 e. The van der Waals surface area contributed by atoms with Crippen molar-refractivity contribution in [2.24, 2.45) is 0 Å². The van der Waals surface area contributed by atoms with E-state index in [-0.39, 0.29) is 12.1 Å². The third-order valence-electron chi connectivity index (χ3n) is 5.21. The number of methoxy groups -OCH3 is 3. The van der Waals surface area contributed by atoms with Crippen LogP contribution in [0.25, 0.3) is 10.9 Å². The Hall–Kier alpha value is -4.05. The van der Waals surface area contributed by atoms with Crippen LogP contribution in [0.4, 0.5) is 10.5 Å². The first kappa shape index (κ1) is 24.1. The molecule has 4 rings (SSSR count). The highest BCUT2D eigenvalue weighted by atomic mass is 32.1. The molecule has 9 nitrogen and oxygen atoms in total. The van der Waals surface area contributed by atoms with E-state index in [0.717, 1.165) is 15.3 Å². The second-order valence-corrected chi connectivity index (χ2v) is 8.89. The standard InChI is InChI=1S/C25H26N4O5S/c1-14-13-27-24(35-14)15(2)28-25(30)29-18-7-6-16(10-21(18)31-3)34-20-8-9-26-19-12-23(33-5)22(32-4)11-17(19)20/h6-13,15H,1-5H3,(H2,28,29,30). The topological polar surface area (TPSA) is 104 Å². The number of thiazole rings is 1. The molecule has 0 radical (unpaired) electrons. The Bertz CT molecular complexity index is 1360. The predicted octanol–water partition coefficient (Wildman–Crippen LogP) is 5.70. The van der Waals surface area contributed by atoms with Crippen molar-refractivity contribution in [3.63, 3.8) is 0 Å². The van der Waals surface area contributed by atoms with Gasteiger partial charge in [0.1, 0.15) is 22.3 Å². The number of anilines is 1. The summed E-state index contributed by atoms with van der Waals surface area (Å²) in [5.41, 5.74) is 1.21. The maximum absolute atomic E-state index is 12.5. The number of aryl methyl sites for hydroxylation is 1. The van der Waals surface area contributed by atoms with E-state index in [2.05, 4.69) is 20.6 Å². The molecule has 0 bridgehead atoms. The molecular weight excluding hydrogens is 468 g/mol. The third kappa shape index (κ3) is 5.38. The molecule has 2 aromatic carbocycles. The zero-order valence-corrected chi connectivity index (χ0v) is 20.9. The minimum Gasteiger partial charge on any atom is -0.494 e. The quantitative estimate of drug-likeness (QED) is 0.324. The Morgan fingerprint density at radius 2 is 1.69 bits per heavy atom. The summed E-state index contributed by atoms with van der Waals surface area (Å²) in [6.07, 6.45) is 3.45. The molecule has 2 heterocycles. The van der Waals surface area contributed by atoms with Gasteiger partial charge in [0, 0.05) is 34.8 Å². The van der Waals surface area contributed by atoms with Gasteiger partial charge in [-0.25, -0.2) is 9.78 Å². The van der Waals surface area contributed by atoms with Crippen molar-refractivity contribution in [3.8, 4) is 28.7 Å². The van der Waals surface area contributed by atoms with Crippen molar-refractivity contribution in [2.45, 2.75) is 19.9 Å². The van der Waals surface area contributed by atoms with Crippen LogP contribution in [0.2, 0.25) is 0 Å². The Kier molecular flexibility index (Phi) is 7.21. The van der Waals surface area contributed by atoms with E-state index in [1.54, 1.807) is 68.3 Å². The molecule has 0 aliphatic rings. The van der Waals surface area contributed by atoms with E-state index in [9.17, 15) is 4.79 Å². The fourth-order valence-electron chi connectivity index (χ4n) is 3.49. The van der Waals surface area contributed by atoms with E-state index < -0.39 is 0 Å². The Balaban J connectivity index is 1.52. The van der Waals surface area contributed by atoms with Crippen molar-refractivity contribution >= 4 is 34.0 Å². The highest BCUT2D eigenvalue weighted by Crippen LogP contribution is 2.38. The predicted molar refractivity (Wildman–Crippen MR) is 135 cm³/mol. The number of amides is 2. The van der Waals surface area contributed by atoms with Gasteiger partial charge in [-0.15, -0.1) is 11.3 Å². The van der Waals surface area contributed by atoms with E-state index in [1.807, 2.05) is 19.9 Å². The average Bonchev–Trinajstić information content (AvgIpc) is 3.30. The van der Waals surface area contributed by atoms with Crippen LogP contribution in [0.5, 0.6) is 28.7 Å². The highest BCUT2D eigenvalue weighted by Gasteiger charge is 2.16. The highest BCUT2D eigenvalue weighted by molar-refractivity contribution is 7.11. The van der Waals surface area contributed by atoms with Crippen molar-refractivity contribution in [1.29, 1.82) is 0 Å². The fourth-order valence-corrected chi connectivity index (χ4v) is 4.27. The van der Waals surface area contributed by atoms with Crippen LogP contribution in [0.3, 0.4) is 0 Å². The third-order valence-corrected chi connectivity index (χ3v) is 6.31. The SMILES string of the molecule is COc1cc(Oc2ccnc3cc(OC)c(OC)cc23)ccc1NC(=O)NC(C)c1ncc(C)s1. The average molecular weight is 495 g/mol. The number of ether oxygens (including phenoxy) is 4. The van der Waals surface area contributed by atoms with Crippen molar-refractivity contribution in [1.82, 2.24) is 15.3 Å². The van der Waals surface area contributed by atoms with Crippen LogP contribution in [0.1, 0.15) is 22.9 Å². The first-order valence-electron chi connectivity index (χ1n) is 10.8. The minimum absolute atomic E-state index is 0.224. The molecule has 35 heavy (non-hydrogen) atoms. The lowest BCUT2D eigenvalue weighted by molar-refractivity contribution is 0.249. The number of benzene rings is 2. The van der Waals surface area contributed by atoms with Crippen LogP contribution >= 0.6 is 11.3 Å². The van der Waals surface area contributed by atoms with Gasteiger partial charge in [0.25, 0.3) is 0 Å². The van der Waals surface area contributed by atoms with Crippen LogP contribution < -0.4 is 29.6 Å². The summed E-state index contributed by atoms with van der Waals surface area (Å²) in [5.74, 6) is 2.72. The Morgan fingerprint density at radius 3 is 2.37 bits per heavy atom. The summed E-state index contributed by atoms with van der Waals surface area (Å²) in [4.78, 5) is 22.3. The Labute approximate surface area is 207 Å². The number of fused-ring (bicyclic) bond motifs is 1. The molecule has 0 saturated heterocycles. The van der Waals surface area contributed by atoms with Crippen LogP contribution in [-0.4, -0.2) is 37.3 Å². The summed E-state index contributed by atoms with van der Waals surface area (Å²) >= 11 is 1.55. The summed E-state index contributed by atoms with van der Waals surface area (Å²) in [6, 6.07) is 9.97. The number of hydrogen-bond donors (Lipinski definition) is 2. The molecule has 0 spiro atoms. The number of hydrogen-bond acceptors (Lipinski definition) is 8. The lowest BCUT2D eigenvalue weighted by Gasteiger charge is -2.16. The van der Waals surface area contributed by atoms with Crippen molar-refractivity contribution in [2.75, 3.05) is 26.6 Å². The molecule has 2 amide bonds. The van der Waals surface area contributed by atoms with Gasteiger partial charge >= 0.3 is 6.03 Å². The van der Waals surface area contributed by atoms with Gasteiger partial charge in [0.2, 0.25) is 0 Å². The number of carbonyl (C=O) groups is 1. The number of urea groups is 1. The van der Waals surface area contributed by atoms with Gasteiger partial charge in [-0.1, -0.05) is 0 Å². The zero-order chi connectivity index (χ0) is 24.9. The maximum Gasteiger partial charge on any atom is 0.319 e. The first-order chi connectivity index (χ1) is 16.9. The molecular formula is C25H26N4O5S. The zero-order valence-electron chi connectivity index (χ0n) is 20.0. The number of nitrogens with zero attached hydrogens (tertiary/aromatic N) is 2. The maximum atomic E-state index is 12.5. The number of carbonyl (C=O) groups excluding carboxylic acids is 1. The second-order valence-electron chi connectivity index (χ2n) is 7.63. The normalized spacial score (nSPS) is 11.6. The van der Waals surface area contributed by atoms with E-state index in [0.29, 0.717) is 40.0 Å². The van der Waals surface area contributed by atoms with E-state index >= 15 is 0 Å². The van der Waals surface area contributed by atoms with Gasteiger partial charge in [0.15, 0.2) is 11.5 Å². The number of rotatable bonds is 8. The van der Waals surface area contributed by atoms with E-state index in [1.165, 1.54) is 7.11 Å². The van der Waals surface area contributed by atoms with Crippen LogP contribution in [0, 0.1) is 6.92 Å². The molecule has 2 aromatic heterocycles. The van der Waals surface area contributed by atoms with Crippen molar-refractivity contribution in [3.05, 3.63) is 58.7 Å². The van der Waals surface area contributed by atoms with Gasteiger partial charge < -0.3 is 29.6 Å². The van der Waals surface area contributed by atoms with Gasteiger partial charge in [-0.2, -0.15) is 0 Å². The monoisotopic (exact) mass is 494 g/mol. The summed E-state index contributed by atoms with van der Waals surface area (Å²) in [6.45, 7) is 3.86. The fraction of sp³-hybridized carbons (Fsp3) is 0.240. The van der Waals surface area contributed by atoms with Crippen LogP contribution in [-0.2, 0) is 0 Å². The summed E-state index contributed by atoms with van der Waals surface area (Å²) in [7, 11) is 4.68. The lowest BCUT2D eigenvalue weighted by Crippen LogP contribution is -2.31. The molecule has 0 aliphatic carbocycles. The molecule has 2 N–H and O–H groups in total. The van der Waals surface area contributed by atoms with Crippen LogP contribution in [0.15, 0.2) is 48.8 Å². The molecule has 4 aromatic rings. The molecule has 1 unspecified atom stereocenters. The number of aromatic nitrogens is 2. The molecule has 10 heteroatoms. The molecule has 182 valence electrons.